The lowest BCUT2D eigenvalue weighted by Gasteiger charge is -2.67. The molecule has 26 heavy (non-hydrogen) atoms. The zero-order valence-corrected chi connectivity index (χ0v) is 15.2. The van der Waals surface area contributed by atoms with Crippen molar-refractivity contribution in [2.75, 3.05) is 6.61 Å². The van der Waals surface area contributed by atoms with Crippen LogP contribution in [0, 0.1) is 34.0 Å². The number of hydrogen-bond donors (Lipinski definition) is 2. The number of aliphatic hydroxyl groups is 2. The molecule has 2 N–H and O–H groups in total. The van der Waals surface area contributed by atoms with Crippen molar-refractivity contribution in [2.24, 2.45) is 34.0 Å². The van der Waals surface area contributed by atoms with Crippen LogP contribution in [0.3, 0.4) is 0 Å². The highest BCUT2D eigenvalue weighted by molar-refractivity contribution is 5.84. The van der Waals surface area contributed by atoms with Crippen molar-refractivity contribution < 1.29 is 29.3 Å². The smallest absolute Gasteiger partial charge is 0.315 e. The molecule has 5 fully saturated rings. The number of esters is 2. The minimum atomic E-state index is -1.16. The molecular formula is C20H26O6. The summed E-state index contributed by atoms with van der Waals surface area (Å²) in [7, 11) is 0. The summed E-state index contributed by atoms with van der Waals surface area (Å²) in [5, 5.41) is 21.7. The highest BCUT2D eigenvalue weighted by Gasteiger charge is 2.80. The highest BCUT2D eigenvalue weighted by Crippen LogP contribution is 2.71. The van der Waals surface area contributed by atoms with Gasteiger partial charge in [-0.05, 0) is 42.6 Å². The molecular weight excluding hydrogens is 336 g/mol. The number of aliphatic hydroxyl groups excluding tert-OH is 2. The molecule has 2 bridgehead atoms. The molecule has 142 valence electrons. The Bertz CT molecular complexity index is 728. The van der Waals surface area contributed by atoms with E-state index in [4.69, 9.17) is 9.47 Å². The maximum atomic E-state index is 13.2. The summed E-state index contributed by atoms with van der Waals surface area (Å²) in [5.41, 5.74) is -1.79. The molecule has 5 aliphatic rings. The van der Waals surface area contributed by atoms with Crippen molar-refractivity contribution in [3.05, 3.63) is 12.2 Å². The minimum Gasteiger partial charge on any atom is -0.462 e. The molecule has 0 radical (unpaired) electrons. The monoisotopic (exact) mass is 362 g/mol. The normalized spacial score (nSPS) is 53.6. The number of ether oxygens (including phenoxy) is 2. The van der Waals surface area contributed by atoms with E-state index in [0.717, 1.165) is 6.42 Å². The predicted molar refractivity (Wildman–Crippen MR) is 89.6 cm³/mol. The van der Waals surface area contributed by atoms with Crippen molar-refractivity contribution in [3.63, 3.8) is 0 Å². The number of fused-ring (bicyclic) bond motifs is 1. The second kappa shape index (κ2) is 4.71. The van der Waals surface area contributed by atoms with Gasteiger partial charge in [-0.25, -0.2) is 0 Å². The van der Waals surface area contributed by atoms with Crippen LogP contribution in [-0.2, 0) is 19.1 Å². The lowest BCUT2D eigenvalue weighted by molar-refractivity contribution is -0.300. The predicted octanol–water partition coefficient (Wildman–Crippen LogP) is 1.20. The molecule has 0 aromatic carbocycles. The summed E-state index contributed by atoms with van der Waals surface area (Å²) in [4.78, 5) is 26.2. The van der Waals surface area contributed by atoms with Gasteiger partial charge in [0.25, 0.3) is 0 Å². The highest BCUT2D eigenvalue weighted by atomic mass is 16.6. The molecule has 0 aromatic rings. The van der Waals surface area contributed by atoms with E-state index in [-0.39, 0.29) is 23.9 Å². The van der Waals surface area contributed by atoms with Crippen LogP contribution in [0.4, 0.5) is 0 Å². The Kier molecular flexibility index (Phi) is 3.03. The molecule has 8 atom stereocenters. The molecule has 2 saturated heterocycles. The van der Waals surface area contributed by atoms with E-state index < -0.39 is 46.9 Å². The summed E-state index contributed by atoms with van der Waals surface area (Å²) in [6.45, 7) is 7.81. The number of carbonyl (C=O) groups excluding carboxylic acids is 2. The van der Waals surface area contributed by atoms with Crippen LogP contribution in [0.2, 0.25) is 0 Å². The Balaban J connectivity index is 1.78. The molecule has 3 saturated carbocycles. The van der Waals surface area contributed by atoms with E-state index >= 15 is 0 Å². The summed E-state index contributed by atoms with van der Waals surface area (Å²) < 4.78 is 11.8. The Morgan fingerprint density at radius 2 is 2.00 bits per heavy atom. The van der Waals surface area contributed by atoms with Crippen molar-refractivity contribution in [2.45, 2.75) is 57.8 Å². The van der Waals surface area contributed by atoms with Crippen molar-refractivity contribution in [3.8, 4) is 0 Å². The van der Waals surface area contributed by atoms with Gasteiger partial charge in [0.2, 0.25) is 0 Å². The molecule has 3 aliphatic carbocycles. The van der Waals surface area contributed by atoms with E-state index in [1.54, 1.807) is 0 Å². The summed E-state index contributed by atoms with van der Waals surface area (Å²) in [5.74, 6) is -1.76. The second-order valence-corrected chi connectivity index (χ2v) is 9.73. The van der Waals surface area contributed by atoms with Crippen LogP contribution in [0.5, 0.6) is 0 Å². The van der Waals surface area contributed by atoms with Crippen molar-refractivity contribution in [1.29, 1.82) is 0 Å². The van der Waals surface area contributed by atoms with E-state index in [0.29, 0.717) is 24.8 Å². The molecule has 6 heteroatoms. The Labute approximate surface area is 152 Å². The molecule has 0 aromatic heterocycles. The van der Waals surface area contributed by atoms with Crippen LogP contribution in [0.25, 0.3) is 0 Å². The molecule has 2 heterocycles. The first-order valence-corrected chi connectivity index (χ1v) is 9.59. The van der Waals surface area contributed by atoms with Gasteiger partial charge < -0.3 is 19.7 Å². The maximum absolute atomic E-state index is 13.2. The largest absolute Gasteiger partial charge is 0.462 e. The molecule has 1 spiro atoms. The molecule has 0 amide bonds. The van der Waals surface area contributed by atoms with Gasteiger partial charge in [0.15, 0.2) is 0 Å². The Morgan fingerprint density at radius 3 is 2.69 bits per heavy atom. The van der Waals surface area contributed by atoms with Crippen LogP contribution < -0.4 is 0 Å². The van der Waals surface area contributed by atoms with Crippen LogP contribution >= 0.6 is 0 Å². The van der Waals surface area contributed by atoms with Gasteiger partial charge in [-0.1, -0.05) is 20.4 Å². The minimum absolute atomic E-state index is 0.0629. The fourth-order valence-electron chi connectivity index (χ4n) is 7.41. The average molecular weight is 362 g/mol. The zero-order chi connectivity index (χ0) is 18.6. The van der Waals surface area contributed by atoms with Crippen molar-refractivity contribution in [1.82, 2.24) is 0 Å². The number of rotatable bonds is 1. The van der Waals surface area contributed by atoms with E-state index in [2.05, 4.69) is 6.58 Å². The third-order valence-electron chi connectivity index (χ3n) is 8.35. The standard InChI is InChI=1S/C20H26O6/c1-9-10-6-11-13-19(7-10,15(9)22)17(24)26-12-4-5-18(2,3)14(16(23)25-11)20(12,13)8-21/h10-15,21-22H,1,4-8H2,2-3H3/t10-,11+,12+,13-,14-,15-,19+,20+/m1/s1. The lowest BCUT2D eigenvalue weighted by Crippen LogP contribution is -2.75. The number of carbonyl (C=O) groups is 2. The van der Waals surface area contributed by atoms with E-state index in [1.807, 2.05) is 13.8 Å². The van der Waals surface area contributed by atoms with Gasteiger partial charge >= 0.3 is 11.9 Å². The van der Waals surface area contributed by atoms with Gasteiger partial charge in [0.05, 0.1) is 24.0 Å². The molecule has 6 nitrogen and oxygen atoms in total. The fourth-order valence-corrected chi connectivity index (χ4v) is 7.41. The first-order chi connectivity index (χ1) is 12.2. The molecule has 5 rings (SSSR count). The van der Waals surface area contributed by atoms with Gasteiger partial charge in [0, 0.05) is 5.92 Å². The third-order valence-corrected chi connectivity index (χ3v) is 8.35. The van der Waals surface area contributed by atoms with Gasteiger partial charge in [-0.2, -0.15) is 0 Å². The first kappa shape index (κ1) is 16.8. The second-order valence-electron chi connectivity index (χ2n) is 9.73. The van der Waals surface area contributed by atoms with Crippen LogP contribution in [0.15, 0.2) is 12.2 Å². The van der Waals surface area contributed by atoms with E-state index in [1.165, 1.54) is 0 Å². The lowest BCUT2D eigenvalue weighted by atomic mass is 9.42. The quantitative estimate of drug-likeness (QED) is 0.538. The Hall–Kier alpha value is -1.40. The van der Waals surface area contributed by atoms with Gasteiger partial charge in [-0.3, -0.25) is 9.59 Å². The molecule has 2 aliphatic heterocycles. The zero-order valence-electron chi connectivity index (χ0n) is 15.2. The summed E-state index contributed by atoms with van der Waals surface area (Å²) in [6, 6.07) is 0. The fraction of sp³-hybridized carbons (Fsp3) is 0.800. The molecule has 0 unspecified atom stereocenters. The number of hydrogen-bond acceptors (Lipinski definition) is 6. The maximum Gasteiger partial charge on any atom is 0.315 e. The van der Waals surface area contributed by atoms with Crippen LogP contribution in [0.1, 0.15) is 39.5 Å². The van der Waals surface area contributed by atoms with E-state index in [9.17, 15) is 19.8 Å². The van der Waals surface area contributed by atoms with Crippen molar-refractivity contribution >= 4 is 11.9 Å². The first-order valence-electron chi connectivity index (χ1n) is 9.59. The summed E-state index contributed by atoms with van der Waals surface area (Å²) >= 11 is 0. The van der Waals surface area contributed by atoms with Gasteiger partial charge in [0.1, 0.15) is 17.6 Å². The Morgan fingerprint density at radius 1 is 1.27 bits per heavy atom. The topological polar surface area (TPSA) is 93.1 Å². The van der Waals surface area contributed by atoms with Crippen LogP contribution in [-0.4, -0.2) is 47.1 Å². The summed E-state index contributed by atoms with van der Waals surface area (Å²) in [6.07, 6.45) is 0.346. The van der Waals surface area contributed by atoms with Gasteiger partial charge in [-0.15, -0.1) is 0 Å². The average Bonchev–Trinajstić information content (AvgIpc) is 2.77. The third kappa shape index (κ3) is 1.55. The SMILES string of the molecule is C=C1[C@@H]2C[C@@H]3OC(=O)[C@@H]4C(C)(C)CC[C@@H]5OC(=O)[C@](C2)([C@@H]1O)[C@@H]3[C@]54CO.